The first kappa shape index (κ1) is 21.6. The maximum atomic E-state index is 13.1. The third kappa shape index (κ3) is 3.87. The Bertz CT molecular complexity index is 1130. The van der Waals surface area contributed by atoms with Gasteiger partial charge in [0.05, 0.1) is 16.9 Å². The number of carbonyl (C=O) groups is 2. The Morgan fingerprint density at radius 3 is 2.52 bits per heavy atom. The summed E-state index contributed by atoms with van der Waals surface area (Å²) in [4.78, 5) is 27.2. The second-order valence-electron chi connectivity index (χ2n) is 8.60. The number of nitrogens with one attached hydrogen (secondary N) is 1. The van der Waals surface area contributed by atoms with Gasteiger partial charge in [-0.25, -0.2) is 8.42 Å². The van der Waals surface area contributed by atoms with E-state index in [-0.39, 0.29) is 29.8 Å². The number of amides is 2. The molecular weight excluding hydrogens is 418 g/mol. The van der Waals surface area contributed by atoms with Crippen LogP contribution in [0.3, 0.4) is 0 Å². The SMILES string of the molecule is Cc1ccc(CNC(=O)CN2C(=O)C(C)(C)c3cc(S(=O)(=O)N4CCCC4)ccc32)o1. The summed E-state index contributed by atoms with van der Waals surface area (Å²) < 4.78 is 32.9. The molecule has 0 spiro atoms. The molecular formula is C22H27N3O5S. The number of carbonyl (C=O) groups excluding carboxylic acids is 2. The van der Waals surface area contributed by atoms with Crippen LogP contribution in [0.2, 0.25) is 0 Å². The summed E-state index contributed by atoms with van der Waals surface area (Å²) in [6.07, 6.45) is 1.71. The number of rotatable bonds is 6. The standard InChI is InChI=1S/C22H27N3O5S/c1-15-6-7-16(30-15)13-23-20(26)14-25-19-9-8-17(12-18(19)22(2,3)21(25)27)31(28,29)24-10-4-5-11-24/h6-9,12H,4-5,10-11,13-14H2,1-3H3,(H,23,26). The molecule has 2 aliphatic heterocycles. The molecule has 0 unspecified atom stereocenters. The largest absolute Gasteiger partial charge is 0.465 e. The van der Waals surface area contributed by atoms with Crippen LogP contribution in [0.4, 0.5) is 5.69 Å². The van der Waals surface area contributed by atoms with Gasteiger partial charge in [0.25, 0.3) is 0 Å². The highest BCUT2D eigenvalue weighted by Crippen LogP contribution is 2.42. The zero-order chi connectivity index (χ0) is 22.4. The Balaban J connectivity index is 1.55. The summed E-state index contributed by atoms with van der Waals surface area (Å²) in [6, 6.07) is 8.35. The molecule has 0 bridgehead atoms. The van der Waals surface area contributed by atoms with Crippen molar-refractivity contribution in [1.29, 1.82) is 0 Å². The van der Waals surface area contributed by atoms with Gasteiger partial charge in [-0.05, 0) is 69.5 Å². The minimum absolute atomic E-state index is 0.146. The molecule has 0 aliphatic carbocycles. The summed E-state index contributed by atoms with van der Waals surface area (Å²) in [5.41, 5.74) is 0.260. The minimum atomic E-state index is -3.59. The zero-order valence-corrected chi connectivity index (χ0v) is 18.8. The van der Waals surface area contributed by atoms with Crippen LogP contribution in [-0.2, 0) is 31.6 Å². The summed E-state index contributed by atoms with van der Waals surface area (Å²) in [5.74, 6) is 0.840. The molecule has 1 fully saturated rings. The Labute approximate surface area is 182 Å². The lowest BCUT2D eigenvalue weighted by Gasteiger charge is -2.19. The van der Waals surface area contributed by atoms with E-state index in [1.807, 2.05) is 13.0 Å². The number of hydrogen-bond acceptors (Lipinski definition) is 5. The van der Waals surface area contributed by atoms with Gasteiger partial charge in [-0.1, -0.05) is 0 Å². The summed E-state index contributed by atoms with van der Waals surface area (Å²) in [5, 5.41) is 2.76. The van der Waals surface area contributed by atoms with Crippen LogP contribution in [0.1, 0.15) is 43.8 Å². The second-order valence-corrected chi connectivity index (χ2v) is 10.5. The summed E-state index contributed by atoms with van der Waals surface area (Å²) >= 11 is 0. The van der Waals surface area contributed by atoms with Crippen molar-refractivity contribution in [3.63, 3.8) is 0 Å². The Morgan fingerprint density at radius 2 is 1.87 bits per heavy atom. The van der Waals surface area contributed by atoms with E-state index in [1.165, 1.54) is 15.3 Å². The third-order valence-electron chi connectivity index (χ3n) is 5.97. The van der Waals surface area contributed by atoms with Crippen molar-refractivity contribution < 1.29 is 22.4 Å². The van der Waals surface area contributed by atoms with Crippen LogP contribution >= 0.6 is 0 Å². The maximum Gasteiger partial charge on any atom is 0.243 e. The van der Waals surface area contributed by atoms with E-state index in [9.17, 15) is 18.0 Å². The van der Waals surface area contributed by atoms with E-state index in [2.05, 4.69) is 5.32 Å². The summed E-state index contributed by atoms with van der Waals surface area (Å²) in [7, 11) is -3.59. The number of sulfonamides is 1. The maximum absolute atomic E-state index is 13.1. The van der Waals surface area contributed by atoms with Crippen LogP contribution in [0.15, 0.2) is 39.6 Å². The van der Waals surface area contributed by atoms with Gasteiger partial charge in [-0.15, -0.1) is 0 Å². The lowest BCUT2D eigenvalue weighted by molar-refractivity contribution is -0.125. The second kappa shape index (κ2) is 7.80. The van der Waals surface area contributed by atoms with Gasteiger partial charge in [0, 0.05) is 18.8 Å². The van der Waals surface area contributed by atoms with Crippen LogP contribution in [0, 0.1) is 6.92 Å². The van der Waals surface area contributed by atoms with Crippen molar-refractivity contribution in [2.45, 2.75) is 50.5 Å². The molecule has 1 aromatic heterocycles. The Morgan fingerprint density at radius 1 is 1.16 bits per heavy atom. The number of anilines is 1. The van der Waals surface area contributed by atoms with Crippen molar-refractivity contribution in [1.82, 2.24) is 9.62 Å². The van der Waals surface area contributed by atoms with Gasteiger partial charge in [0.2, 0.25) is 21.8 Å². The number of hydrogen-bond donors (Lipinski definition) is 1. The van der Waals surface area contributed by atoms with Gasteiger partial charge >= 0.3 is 0 Å². The predicted octanol–water partition coefficient (Wildman–Crippen LogP) is 2.31. The van der Waals surface area contributed by atoms with Crippen molar-refractivity contribution in [2.75, 3.05) is 24.5 Å². The molecule has 3 heterocycles. The first-order valence-electron chi connectivity index (χ1n) is 10.4. The average Bonchev–Trinajstić information content (AvgIpc) is 3.44. The molecule has 166 valence electrons. The van der Waals surface area contributed by atoms with Gasteiger partial charge in [-0.3, -0.25) is 9.59 Å². The smallest absolute Gasteiger partial charge is 0.243 e. The fourth-order valence-electron chi connectivity index (χ4n) is 4.17. The highest BCUT2D eigenvalue weighted by atomic mass is 32.2. The third-order valence-corrected chi connectivity index (χ3v) is 7.87. The molecule has 0 atom stereocenters. The molecule has 0 radical (unpaired) electrons. The van der Waals surface area contributed by atoms with Crippen molar-refractivity contribution >= 4 is 27.5 Å². The Kier molecular flexibility index (Phi) is 5.43. The van der Waals surface area contributed by atoms with Crippen molar-refractivity contribution in [2.24, 2.45) is 0 Å². The first-order chi connectivity index (χ1) is 14.6. The average molecular weight is 446 g/mol. The molecule has 4 rings (SSSR count). The molecule has 2 aliphatic rings. The van der Waals surface area contributed by atoms with Crippen molar-refractivity contribution in [3.05, 3.63) is 47.4 Å². The van der Waals surface area contributed by atoms with Crippen LogP contribution in [0.5, 0.6) is 0 Å². The number of nitrogens with zero attached hydrogens (tertiary/aromatic N) is 2. The highest BCUT2D eigenvalue weighted by Gasteiger charge is 2.45. The lowest BCUT2D eigenvalue weighted by atomic mass is 9.86. The number of fused-ring (bicyclic) bond motifs is 1. The quantitative estimate of drug-likeness (QED) is 0.736. The fourth-order valence-corrected chi connectivity index (χ4v) is 5.72. The van der Waals surface area contributed by atoms with Crippen LogP contribution in [0.25, 0.3) is 0 Å². The van der Waals surface area contributed by atoms with E-state index in [0.29, 0.717) is 30.1 Å². The number of aryl methyl sites for hydroxylation is 1. The van der Waals surface area contributed by atoms with E-state index in [0.717, 1.165) is 18.6 Å². The van der Waals surface area contributed by atoms with E-state index in [1.54, 1.807) is 32.0 Å². The molecule has 8 nitrogen and oxygen atoms in total. The van der Waals surface area contributed by atoms with Gasteiger partial charge in [0.15, 0.2) is 0 Å². The van der Waals surface area contributed by atoms with Crippen LogP contribution < -0.4 is 10.2 Å². The van der Waals surface area contributed by atoms with Gasteiger partial charge < -0.3 is 14.6 Å². The van der Waals surface area contributed by atoms with Crippen molar-refractivity contribution in [3.8, 4) is 0 Å². The minimum Gasteiger partial charge on any atom is -0.465 e. The highest BCUT2D eigenvalue weighted by molar-refractivity contribution is 7.89. The normalized spacial score (nSPS) is 18.4. The first-order valence-corrected chi connectivity index (χ1v) is 11.8. The predicted molar refractivity (Wildman–Crippen MR) is 115 cm³/mol. The lowest BCUT2D eigenvalue weighted by Crippen LogP contribution is -2.42. The molecule has 1 aromatic carbocycles. The van der Waals surface area contributed by atoms with E-state index < -0.39 is 15.4 Å². The van der Waals surface area contributed by atoms with Gasteiger partial charge in [0.1, 0.15) is 18.1 Å². The molecule has 2 aromatic rings. The molecule has 1 N–H and O–H groups in total. The van der Waals surface area contributed by atoms with E-state index >= 15 is 0 Å². The molecule has 0 saturated carbocycles. The van der Waals surface area contributed by atoms with E-state index in [4.69, 9.17) is 4.42 Å². The number of benzene rings is 1. The molecule has 9 heteroatoms. The van der Waals surface area contributed by atoms with Gasteiger partial charge in [-0.2, -0.15) is 4.31 Å². The molecule has 31 heavy (non-hydrogen) atoms. The summed E-state index contributed by atoms with van der Waals surface area (Å²) in [6.45, 7) is 6.46. The zero-order valence-electron chi connectivity index (χ0n) is 18.0. The Hall–Kier alpha value is -2.65. The monoisotopic (exact) mass is 445 g/mol. The van der Waals surface area contributed by atoms with Crippen LogP contribution in [-0.4, -0.2) is 44.2 Å². The fraction of sp³-hybridized carbons (Fsp3) is 0.455. The number of furan rings is 1. The topological polar surface area (TPSA) is 99.9 Å². The molecule has 2 amide bonds. The molecule has 1 saturated heterocycles.